The fourth-order valence-corrected chi connectivity index (χ4v) is 3.29. The van der Waals surface area contributed by atoms with Gasteiger partial charge < -0.3 is 5.32 Å². The van der Waals surface area contributed by atoms with Crippen molar-refractivity contribution in [1.82, 2.24) is 0 Å². The predicted molar refractivity (Wildman–Crippen MR) is 96.3 cm³/mol. The predicted octanol–water partition coefficient (Wildman–Crippen LogP) is 3.99. The molecule has 21 heavy (non-hydrogen) atoms. The van der Waals surface area contributed by atoms with Crippen molar-refractivity contribution < 1.29 is 0 Å². The Bertz CT molecular complexity index is 641. The van der Waals surface area contributed by atoms with Gasteiger partial charge in [-0.15, -0.1) is 0 Å². The highest BCUT2D eigenvalue weighted by molar-refractivity contribution is 8.14. The molecule has 0 atom stereocenters. The fourth-order valence-electron chi connectivity index (χ4n) is 2.05. The third-order valence-electron chi connectivity index (χ3n) is 3.00. The van der Waals surface area contributed by atoms with Gasteiger partial charge in [-0.25, -0.2) is 0 Å². The lowest BCUT2D eigenvalue weighted by Gasteiger charge is -2.25. The molecule has 2 aromatic carbocycles. The highest BCUT2D eigenvalue weighted by Gasteiger charge is 2.21. The maximum Gasteiger partial charge on any atom is 0.184 e. The molecule has 1 heterocycles. The first-order valence-corrected chi connectivity index (χ1v) is 8.12. The van der Waals surface area contributed by atoms with Gasteiger partial charge in [0.05, 0.1) is 12.2 Å². The smallest absolute Gasteiger partial charge is 0.184 e. The Morgan fingerprint density at radius 2 is 1.71 bits per heavy atom. The molecule has 3 nitrogen and oxygen atoms in total. The van der Waals surface area contributed by atoms with E-state index < -0.39 is 0 Å². The number of hydrogen-bond donors (Lipinski definition) is 1. The summed E-state index contributed by atoms with van der Waals surface area (Å²) in [6.45, 7) is 0.845. The number of anilines is 2. The first-order valence-electron chi connectivity index (χ1n) is 6.73. The van der Waals surface area contributed by atoms with E-state index in [0.29, 0.717) is 5.11 Å². The van der Waals surface area contributed by atoms with Crippen molar-refractivity contribution in [3.63, 3.8) is 0 Å². The molecule has 1 aliphatic rings. The van der Waals surface area contributed by atoms with Gasteiger partial charge in [-0.05, 0) is 36.5 Å². The number of amidine groups is 1. The van der Waals surface area contributed by atoms with Crippen LogP contribution in [0.15, 0.2) is 65.7 Å². The number of nitrogens with zero attached hydrogens (tertiary/aromatic N) is 2. The van der Waals surface area contributed by atoms with Gasteiger partial charge in [0.2, 0.25) is 0 Å². The Balaban J connectivity index is 1.87. The van der Waals surface area contributed by atoms with E-state index in [4.69, 9.17) is 12.2 Å². The van der Waals surface area contributed by atoms with Crippen LogP contribution in [0.4, 0.5) is 11.4 Å². The maximum absolute atomic E-state index is 5.60. The van der Waals surface area contributed by atoms with Crippen LogP contribution in [0.25, 0.3) is 0 Å². The van der Waals surface area contributed by atoms with Crippen LogP contribution in [-0.2, 0) is 0 Å². The molecule has 3 rings (SSSR count). The van der Waals surface area contributed by atoms with Crippen LogP contribution >= 0.6 is 24.0 Å². The molecule has 1 aliphatic heterocycles. The van der Waals surface area contributed by atoms with Crippen molar-refractivity contribution >= 4 is 45.6 Å². The quantitative estimate of drug-likeness (QED) is 0.848. The summed E-state index contributed by atoms with van der Waals surface area (Å²) in [7, 11) is 0. The second-order valence-electron chi connectivity index (χ2n) is 4.48. The largest absolute Gasteiger partial charge is 0.332 e. The minimum absolute atomic E-state index is 0.639. The molecule has 1 N–H and O–H groups in total. The van der Waals surface area contributed by atoms with Crippen LogP contribution in [0.2, 0.25) is 0 Å². The molecule has 2 aromatic rings. The van der Waals surface area contributed by atoms with Gasteiger partial charge in [-0.1, -0.05) is 48.2 Å². The van der Waals surface area contributed by atoms with Gasteiger partial charge in [0.25, 0.3) is 0 Å². The maximum atomic E-state index is 5.60. The second-order valence-corrected chi connectivity index (χ2v) is 5.93. The number of benzene rings is 2. The summed E-state index contributed by atoms with van der Waals surface area (Å²) in [5.41, 5.74) is 2.01. The van der Waals surface area contributed by atoms with Crippen molar-refractivity contribution in [3.8, 4) is 0 Å². The highest BCUT2D eigenvalue weighted by atomic mass is 32.2. The van der Waals surface area contributed by atoms with E-state index >= 15 is 0 Å². The SMILES string of the molecule is S=C(Nc1ccccc1)N(C1=NCCS1)c1ccccc1. The molecule has 0 amide bonds. The molecule has 0 aromatic heterocycles. The van der Waals surface area contributed by atoms with Crippen LogP contribution in [0.1, 0.15) is 0 Å². The Morgan fingerprint density at radius 1 is 1.05 bits per heavy atom. The van der Waals surface area contributed by atoms with Crippen LogP contribution in [0.5, 0.6) is 0 Å². The summed E-state index contributed by atoms with van der Waals surface area (Å²) in [5.74, 6) is 1.01. The summed E-state index contributed by atoms with van der Waals surface area (Å²) < 4.78 is 0. The van der Waals surface area contributed by atoms with Gasteiger partial charge in [0, 0.05) is 11.4 Å². The number of thiocarbonyl (C=S) groups is 1. The lowest BCUT2D eigenvalue weighted by Crippen LogP contribution is -2.37. The van der Waals surface area contributed by atoms with E-state index in [1.54, 1.807) is 11.8 Å². The van der Waals surface area contributed by atoms with Gasteiger partial charge in [-0.3, -0.25) is 9.89 Å². The third-order valence-corrected chi connectivity index (χ3v) is 4.24. The monoisotopic (exact) mass is 313 g/mol. The fraction of sp³-hybridized carbons (Fsp3) is 0.125. The summed E-state index contributed by atoms with van der Waals surface area (Å²) in [5, 5.41) is 4.87. The molecule has 0 aliphatic carbocycles. The molecule has 0 spiro atoms. The molecule has 0 saturated carbocycles. The molecule has 106 valence electrons. The lowest BCUT2D eigenvalue weighted by atomic mass is 10.3. The molecule has 0 bridgehead atoms. The Morgan fingerprint density at radius 3 is 2.33 bits per heavy atom. The van der Waals surface area contributed by atoms with Crippen LogP contribution in [0.3, 0.4) is 0 Å². The van der Waals surface area contributed by atoms with E-state index in [-0.39, 0.29) is 0 Å². The lowest BCUT2D eigenvalue weighted by molar-refractivity contribution is 1.17. The third kappa shape index (κ3) is 3.43. The summed E-state index contributed by atoms with van der Waals surface area (Å²) in [4.78, 5) is 6.55. The van der Waals surface area contributed by atoms with E-state index in [1.807, 2.05) is 65.6 Å². The van der Waals surface area contributed by atoms with E-state index in [2.05, 4.69) is 10.3 Å². The van der Waals surface area contributed by atoms with Crippen molar-refractivity contribution in [2.24, 2.45) is 4.99 Å². The standard InChI is InChI=1S/C16H15N3S2/c20-15(18-13-7-3-1-4-8-13)19(16-17-11-12-21-16)14-9-5-2-6-10-14/h1-10H,11-12H2,(H,18,20). The van der Waals surface area contributed by atoms with Crippen LogP contribution in [-0.4, -0.2) is 22.6 Å². The van der Waals surface area contributed by atoms with Gasteiger partial charge >= 0.3 is 0 Å². The Kier molecular flexibility index (Phi) is 4.52. The number of hydrogen-bond acceptors (Lipinski definition) is 3. The number of thioether (sulfide) groups is 1. The van der Waals surface area contributed by atoms with Crippen molar-refractivity contribution in [2.45, 2.75) is 0 Å². The van der Waals surface area contributed by atoms with Gasteiger partial charge in [0.15, 0.2) is 10.3 Å². The Labute approximate surface area is 134 Å². The van der Waals surface area contributed by atoms with Crippen LogP contribution in [0, 0.1) is 0 Å². The second kappa shape index (κ2) is 6.74. The van der Waals surface area contributed by atoms with E-state index in [9.17, 15) is 0 Å². The van der Waals surface area contributed by atoms with Crippen molar-refractivity contribution in [1.29, 1.82) is 0 Å². The van der Waals surface area contributed by atoms with Gasteiger partial charge in [-0.2, -0.15) is 0 Å². The zero-order valence-electron chi connectivity index (χ0n) is 11.4. The molecular weight excluding hydrogens is 298 g/mol. The number of nitrogens with one attached hydrogen (secondary N) is 1. The Hall–Kier alpha value is -1.85. The number of para-hydroxylation sites is 2. The van der Waals surface area contributed by atoms with Crippen molar-refractivity contribution in [3.05, 3.63) is 60.7 Å². The average molecular weight is 313 g/mol. The summed E-state index contributed by atoms with van der Waals surface area (Å²) in [6, 6.07) is 20.1. The molecule has 0 radical (unpaired) electrons. The summed E-state index contributed by atoms with van der Waals surface area (Å²) >= 11 is 7.33. The molecule has 0 saturated heterocycles. The normalized spacial score (nSPS) is 13.6. The molecular formula is C16H15N3S2. The first-order chi connectivity index (χ1) is 10.3. The topological polar surface area (TPSA) is 27.6 Å². The molecule has 0 fully saturated rings. The molecule has 5 heteroatoms. The number of rotatable bonds is 2. The first kappa shape index (κ1) is 14.1. The minimum atomic E-state index is 0.639. The minimum Gasteiger partial charge on any atom is -0.332 e. The van der Waals surface area contributed by atoms with E-state index in [1.165, 1.54) is 0 Å². The zero-order valence-corrected chi connectivity index (χ0v) is 13.0. The van der Waals surface area contributed by atoms with Crippen LogP contribution < -0.4 is 10.2 Å². The van der Waals surface area contributed by atoms with E-state index in [0.717, 1.165) is 28.8 Å². The van der Waals surface area contributed by atoms with Crippen molar-refractivity contribution in [2.75, 3.05) is 22.5 Å². The summed E-state index contributed by atoms with van der Waals surface area (Å²) in [6.07, 6.45) is 0. The number of aliphatic imine (C=N–C) groups is 1. The molecule has 0 unspecified atom stereocenters. The zero-order chi connectivity index (χ0) is 14.5. The average Bonchev–Trinajstić information content (AvgIpc) is 3.03. The highest BCUT2D eigenvalue weighted by Crippen LogP contribution is 2.24. The van der Waals surface area contributed by atoms with Gasteiger partial charge in [0.1, 0.15) is 0 Å².